The summed E-state index contributed by atoms with van der Waals surface area (Å²) in [4.78, 5) is 6.13. The second-order valence-corrected chi connectivity index (χ2v) is 7.12. The minimum Gasteiger partial charge on any atom is -0.497 e. The number of nitrogens with one attached hydrogen (secondary N) is 1. The van der Waals surface area contributed by atoms with Gasteiger partial charge in [-0.05, 0) is 36.4 Å². The molecular formula is C21H22ClN2O+. The molecule has 1 atom stereocenters. The molecule has 3 aromatic rings. The first-order chi connectivity index (χ1) is 12.2. The molecule has 1 aliphatic rings. The summed E-state index contributed by atoms with van der Waals surface area (Å²) in [7, 11) is 1.70. The van der Waals surface area contributed by atoms with Crippen molar-refractivity contribution in [2.75, 3.05) is 7.11 Å². The minimum atomic E-state index is 0.631. The summed E-state index contributed by atoms with van der Waals surface area (Å²) < 4.78 is 5.25. The number of para-hydroxylation sites is 1. The van der Waals surface area contributed by atoms with Gasteiger partial charge in [-0.2, -0.15) is 0 Å². The van der Waals surface area contributed by atoms with Crippen molar-refractivity contribution in [2.45, 2.75) is 32.0 Å². The first kappa shape index (κ1) is 16.4. The highest BCUT2D eigenvalue weighted by molar-refractivity contribution is 6.30. The van der Waals surface area contributed by atoms with E-state index in [9.17, 15) is 0 Å². The third-order valence-electron chi connectivity index (χ3n) is 4.91. The van der Waals surface area contributed by atoms with E-state index in [1.165, 1.54) is 18.4 Å². The molecule has 2 aromatic carbocycles. The van der Waals surface area contributed by atoms with E-state index in [-0.39, 0.29) is 0 Å². The monoisotopic (exact) mass is 353 g/mol. The average molecular weight is 354 g/mol. The number of benzene rings is 2. The molecule has 4 heteroatoms. The third-order valence-corrected chi connectivity index (χ3v) is 5.24. The Morgan fingerprint density at radius 3 is 2.56 bits per heavy atom. The number of hydrogen-bond acceptors (Lipinski definition) is 2. The number of ether oxygens (including phenoxy) is 1. The maximum atomic E-state index is 6.47. The van der Waals surface area contributed by atoms with Gasteiger partial charge in [0.2, 0.25) is 0 Å². The lowest BCUT2D eigenvalue weighted by Crippen LogP contribution is -3.10. The van der Waals surface area contributed by atoms with E-state index in [2.05, 4.69) is 29.2 Å². The van der Waals surface area contributed by atoms with Gasteiger partial charge in [-0.15, -0.1) is 0 Å². The Hall–Kier alpha value is -2.10. The van der Waals surface area contributed by atoms with Crippen molar-refractivity contribution in [1.82, 2.24) is 4.98 Å². The lowest BCUT2D eigenvalue weighted by Gasteiger charge is -2.20. The summed E-state index contributed by atoms with van der Waals surface area (Å²) in [5, 5.41) is 1.79. The van der Waals surface area contributed by atoms with Gasteiger partial charge in [-0.1, -0.05) is 29.8 Å². The Morgan fingerprint density at radius 2 is 1.84 bits per heavy atom. The minimum absolute atomic E-state index is 0.631. The van der Waals surface area contributed by atoms with Crippen LogP contribution in [0.25, 0.3) is 10.9 Å². The van der Waals surface area contributed by atoms with Gasteiger partial charge in [0.15, 0.2) is 0 Å². The predicted molar refractivity (Wildman–Crippen MR) is 101 cm³/mol. The van der Waals surface area contributed by atoms with E-state index in [0.29, 0.717) is 5.15 Å². The molecule has 1 N–H and O–H groups in total. The standard InChI is InChI=1S/C21H21ClN2O/c1-25-19-10-6-15(7-11-19)13-24(18-8-9-18)14-17-12-16-4-2-3-5-20(16)23-21(17)22/h2-7,10-12,18H,8-9,13-14H2,1H3/p+1. The Kier molecular flexibility index (Phi) is 4.60. The number of fused-ring (bicyclic) bond motifs is 1. The van der Waals surface area contributed by atoms with E-state index >= 15 is 0 Å². The fourth-order valence-electron chi connectivity index (χ4n) is 3.35. The van der Waals surface area contributed by atoms with Crippen LogP contribution in [0.4, 0.5) is 0 Å². The molecule has 1 aromatic heterocycles. The van der Waals surface area contributed by atoms with Crippen LogP contribution in [0, 0.1) is 0 Å². The number of aromatic nitrogens is 1. The van der Waals surface area contributed by atoms with Gasteiger partial charge in [0, 0.05) is 29.4 Å². The number of quaternary nitrogens is 1. The van der Waals surface area contributed by atoms with Crippen LogP contribution in [0.3, 0.4) is 0 Å². The van der Waals surface area contributed by atoms with E-state index < -0.39 is 0 Å². The van der Waals surface area contributed by atoms with Gasteiger partial charge in [0.05, 0.1) is 18.7 Å². The van der Waals surface area contributed by atoms with Crippen LogP contribution >= 0.6 is 11.6 Å². The number of halogens is 1. The van der Waals surface area contributed by atoms with Gasteiger partial charge in [0.1, 0.15) is 24.0 Å². The van der Waals surface area contributed by atoms with Crippen molar-refractivity contribution in [3.8, 4) is 5.75 Å². The lowest BCUT2D eigenvalue weighted by atomic mass is 10.1. The summed E-state index contributed by atoms with van der Waals surface area (Å²) >= 11 is 6.47. The second-order valence-electron chi connectivity index (χ2n) is 6.77. The quantitative estimate of drug-likeness (QED) is 0.685. The first-order valence-corrected chi connectivity index (χ1v) is 9.12. The van der Waals surface area contributed by atoms with E-state index in [1.807, 2.05) is 30.3 Å². The van der Waals surface area contributed by atoms with Gasteiger partial charge in [-0.3, -0.25) is 0 Å². The molecule has 0 amide bonds. The molecule has 4 rings (SSSR count). The fourth-order valence-corrected chi connectivity index (χ4v) is 3.57. The summed E-state index contributed by atoms with van der Waals surface area (Å²) in [5.74, 6) is 0.901. The Balaban J connectivity index is 1.56. The summed E-state index contributed by atoms with van der Waals surface area (Å²) in [6.45, 7) is 1.91. The molecule has 0 radical (unpaired) electrons. The van der Waals surface area contributed by atoms with Crippen molar-refractivity contribution < 1.29 is 9.64 Å². The molecule has 128 valence electrons. The Morgan fingerprint density at radius 1 is 1.08 bits per heavy atom. The number of pyridine rings is 1. The number of rotatable bonds is 6. The van der Waals surface area contributed by atoms with Crippen LogP contribution in [0.2, 0.25) is 5.15 Å². The fraction of sp³-hybridized carbons (Fsp3) is 0.286. The topological polar surface area (TPSA) is 26.6 Å². The number of nitrogens with zero attached hydrogens (tertiary/aromatic N) is 1. The van der Waals surface area contributed by atoms with E-state index in [1.54, 1.807) is 12.0 Å². The van der Waals surface area contributed by atoms with Crippen LogP contribution in [0.15, 0.2) is 54.6 Å². The van der Waals surface area contributed by atoms with Crippen molar-refractivity contribution in [3.05, 3.63) is 70.9 Å². The highest BCUT2D eigenvalue weighted by Crippen LogP contribution is 2.22. The highest BCUT2D eigenvalue weighted by atomic mass is 35.5. The molecule has 1 heterocycles. The van der Waals surface area contributed by atoms with Crippen molar-refractivity contribution >= 4 is 22.5 Å². The number of methoxy groups -OCH3 is 1. The first-order valence-electron chi connectivity index (χ1n) is 8.74. The number of hydrogen-bond donors (Lipinski definition) is 1. The Bertz CT molecular complexity index is 875. The third kappa shape index (κ3) is 3.78. The molecule has 1 fully saturated rings. The normalized spacial score (nSPS) is 15.3. The molecule has 0 bridgehead atoms. The van der Waals surface area contributed by atoms with Crippen LogP contribution in [-0.4, -0.2) is 18.1 Å². The zero-order valence-corrected chi connectivity index (χ0v) is 15.1. The van der Waals surface area contributed by atoms with Crippen molar-refractivity contribution in [3.63, 3.8) is 0 Å². The average Bonchev–Trinajstić information content (AvgIpc) is 3.47. The smallest absolute Gasteiger partial charge is 0.138 e. The zero-order chi connectivity index (χ0) is 17.2. The molecule has 0 saturated heterocycles. The van der Waals surface area contributed by atoms with Gasteiger partial charge < -0.3 is 9.64 Å². The largest absolute Gasteiger partial charge is 0.497 e. The zero-order valence-electron chi connectivity index (χ0n) is 14.3. The van der Waals surface area contributed by atoms with Gasteiger partial charge in [0.25, 0.3) is 0 Å². The van der Waals surface area contributed by atoms with Crippen LogP contribution in [-0.2, 0) is 13.1 Å². The maximum absolute atomic E-state index is 6.47. The molecule has 1 aliphatic carbocycles. The molecule has 1 saturated carbocycles. The summed E-state index contributed by atoms with van der Waals surface area (Å²) in [6.07, 6.45) is 2.59. The summed E-state index contributed by atoms with van der Waals surface area (Å²) in [6, 6.07) is 19.4. The van der Waals surface area contributed by atoms with Gasteiger partial charge >= 0.3 is 0 Å². The van der Waals surface area contributed by atoms with Gasteiger partial charge in [-0.25, -0.2) is 4.98 Å². The second kappa shape index (κ2) is 7.03. The Labute approximate surface area is 153 Å². The van der Waals surface area contributed by atoms with Crippen LogP contribution in [0.1, 0.15) is 24.0 Å². The predicted octanol–water partition coefficient (Wildman–Crippen LogP) is 3.64. The molecule has 25 heavy (non-hydrogen) atoms. The highest BCUT2D eigenvalue weighted by Gasteiger charge is 2.33. The molecule has 0 spiro atoms. The summed E-state index contributed by atoms with van der Waals surface area (Å²) in [5.41, 5.74) is 3.42. The lowest BCUT2D eigenvalue weighted by molar-refractivity contribution is -0.938. The van der Waals surface area contributed by atoms with Crippen molar-refractivity contribution in [1.29, 1.82) is 0 Å². The molecule has 3 nitrogen and oxygen atoms in total. The van der Waals surface area contributed by atoms with Crippen LogP contribution < -0.4 is 9.64 Å². The van der Waals surface area contributed by atoms with Crippen LogP contribution in [0.5, 0.6) is 5.75 Å². The molecule has 0 aliphatic heterocycles. The van der Waals surface area contributed by atoms with E-state index in [4.69, 9.17) is 16.3 Å². The SMILES string of the molecule is COc1ccc(C[NH+](Cc2cc3ccccc3nc2Cl)C2CC2)cc1. The van der Waals surface area contributed by atoms with E-state index in [0.717, 1.165) is 41.3 Å². The molecule has 1 unspecified atom stereocenters. The maximum Gasteiger partial charge on any atom is 0.138 e. The molecular weight excluding hydrogens is 332 g/mol. The van der Waals surface area contributed by atoms with Crippen molar-refractivity contribution in [2.24, 2.45) is 0 Å².